The summed E-state index contributed by atoms with van der Waals surface area (Å²) in [5, 5.41) is 29.4. The van der Waals surface area contributed by atoms with Crippen LogP contribution in [0.5, 0.6) is 0 Å². The molecular formula is C14H26NO5+. The van der Waals surface area contributed by atoms with Gasteiger partial charge >= 0.3 is 12.1 Å². The van der Waals surface area contributed by atoms with Gasteiger partial charge in [-0.05, 0) is 27.2 Å². The van der Waals surface area contributed by atoms with Gasteiger partial charge in [0, 0.05) is 12.8 Å². The molecule has 1 aliphatic rings. The van der Waals surface area contributed by atoms with Crippen LogP contribution in [-0.4, -0.2) is 56.6 Å². The van der Waals surface area contributed by atoms with Gasteiger partial charge in [-0.25, -0.2) is 4.48 Å². The number of likely N-dealkylation sites (tertiary alicyclic amines) is 1. The fourth-order valence-corrected chi connectivity index (χ4v) is 3.25. The van der Waals surface area contributed by atoms with E-state index in [1.165, 1.54) is 0 Å². The number of aliphatic hydroxyl groups excluding tert-OH is 1. The Morgan fingerprint density at radius 2 is 1.80 bits per heavy atom. The first kappa shape index (κ1) is 16.9. The van der Waals surface area contributed by atoms with E-state index in [9.17, 15) is 24.9 Å². The van der Waals surface area contributed by atoms with Crippen LogP contribution >= 0.6 is 0 Å². The minimum atomic E-state index is -1.24. The van der Waals surface area contributed by atoms with Gasteiger partial charge < -0.3 is 15.3 Å². The molecule has 0 aromatic carbocycles. The summed E-state index contributed by atoms with van der Waals surface area (Å²) < 4.78 is -0.209. The monoisotopic (exact) mass is 288 g/mol. The SMILES string of the molecule is CCC1(C(=O)O)CC[N+](C(=O)O)(C(C)(C)C)CCC1O. The van der Waals surface area contributed by atoms with Crippen molar-refractivity contribution in [2.45, 2.75) is 58.6 Å². The number of amides is 1. The third-order valence-electron chi connectivity index (χ3n) is 5.07. The van der Waals surface area contributed by atoms with Crippen molar-refractivity contribution in [2.24, 2.45) is 5.41 Å². The van der Waals surface area contributed by atoms with Gasteiger partial charge in [-0.15, -0.1) is 0 Å². The lowest BCUT2D eigenvalue weighted by Gasteiger charge is -2.43. The second-order valence-corrected chi connectivity index (χ2v) is 6.74. The maximum absolute atomic E-state index is 11.8. The van der Waals surface area contributed by atoms with E-state index < -0.39 is 29.1 Å². The molecule has 3 N–H and O–H groups in total. The van der Waals surface area contributed by atoms with E-state index in [2.05, 4.69) is 0 Å². The first-order chi connectivity index (χ1) is 9.03. The van der Waals surface area contributed by atoms with Gasteiger partial charge in [0.25, 0.3) is 0 Å². The van der Waals surface area contributed by atoms with Crippen LogP contribution in [0, 0.1) is 5.41 Å². The molecule has 0 saturated carbocycles. The van der Waals surface area contributed by atoms with Crippen molar-refractivity contribution in [3.05, 3.63) is 0 Å². The highest BCUT2D eigenvalue weighted by Crippen LogP contribution is 2.40. The number of rotatable bonds is 2. The smallest absolute Gasteiger partial charge is 0.481 e. The van der Waals surface area contributed by atoms with Crippen molar-refractivity contribution in [3.63, 3.8) is 0 Å². The lowest BCUT2D eigenvalue weighted by molar-refractivity contribution is -0.903. The average Bonchev–Trinajstić information content (AvgIpc) is 2.46. The van der Waals surface area contributed by atoms with E-state index in [-0.39, 0.29) is 30.4 Å². The fraction of sp³-hybridized carbons (Fsp3) is 0.857. The van der Waals surface area contributed by atoms with Gasteiger partial charge in [-0.2, -0.15) is 4.79 Å². The standard InChI is InChI=1S/C14H25NO5/c1-5-14(11(17)18)7-9-15(12(19)20,13(2,3)4)8-6-10(14)16/h10,16H,5-9H2,1-4H3,(H-,17,18,19,20)/p+1. The zero-order chi connectivity index (χ0) is 15.8. The number of carboxylic acids is 1. The molecule has 116 valence electrons. The number of carboxylic acid groups (broad SMARTS) is 2. The summed E-state index contributed by atoms with van der Waals surface area (Å²) in [7, 11) is 0. The maximum atomic E-state index is 11.8. The summed E-state index contributed by atoms with van der Waals surface area (Å²) >= 11 is 0. The van der Waals surface area contributed by atoms with Gasteiger partial charge in [0.1, 0.15) is 5.54 Å². The van der Waals surface area contributed by atoms with E-state index in [0.717, 1.165) is 0 Å². The van der Waals surface area contributed by atoms with Crippen molar-refractivity contribution in [2.75, 3.05) is 13.1 Å². The van der Waals surface area contributed by atoms with Crippen LogP contribution in [0.15, 0.2) is 0 Å². The molecule has 1 heterocycles. The minimum absolute atomic E-state index is 0.170. The lowest BCUT2D eigenvalue weighted by atomic mass is 9.76. The molecule has 0 aliphatic carbocycles. The van der Waals surface area contributed by atoms with E-state index in [0.29, 0.717) is 6.42 Å². The van der Waals surface area contributed by atoms with Crippen LogP contribution < -0.4 is 0 Å². The molecule has 20 heavy (non-hydrogen) atoms. The highest BCUT2D eigenvalue weighted by atomic mass is 16.4. The van der Waals surface area contributed by atoms with Crippen LogP contribution in [0.3, 0.4) is 0 Å². The summed E-state index contributed by atoms with van der Waals surface area (Å²) in [4.78, 5) is 23.4. The Morgan fingerprint density at radius 3 is 2.15 bits per heavy atom. The summed E-state index contributed by atoms with van der Waals surface area (Å²) in [5.41, 5.74) is -1.78. The van der Waals surface area contributed by atoms with E-state index in [4.69, 9.17) is 0 Å². The van der Waals surface area contributed by atoms with E-state index in [1.54, 1.807) is 6.92 Å². The molecule has 0 radical (unpaired) electrons. The molecule has 0 aromatic rings. The molecular weight excluding hydrogens is 262 g/mol. The summed E-state index contributed by atoms with van der Waals surface area (Å²) in [6, 6.07) is 0. The number of nitrogens with zero attached hydrogens (tertiary/aromatic N) is 1. The Morgan fingerprint density at radius 1 is 1.25 bits per heavy atom. The number of aliphatic hydroxyl groups is 1. The molecule has 1 rings (SSSR count). The first-order valence-electron chi connectivity index (χ1n) is 7.05. The molecule has 1 saturated heterocycles. The second-order valence-electron chi connectivity index (χ2n) is 6.74. The zero-order valence-corrected chi connectivity index (χ0v) is 12.7. The molecule has 3 atom stereocenters. The Labute approximate surface area is 119 Å². The van der Waals surface area contributed by atoms with Crippen molar-refractivity contribution >= 4 is 12.1 Å². The van der Waals surface area contributed by atoms with Crippen LogP contribution in [-0.2, 0) is 4.79 Å². The Balaban J connectivity index is 3.23. The predicted octanol–water partition coefficient (Wildman–Crippen LogP) is 1.92. The summed E-state index contributed by atoms with van der Waals surface area (Å²) in [6.45, 7) is 7.72. The molecule has 1 aliphatic heterocycles. The summed E-state index contributed by atoms with van der Waals surface area (Å²) in [5.74, 6) is -1.04. The highest BCUT2D eigenvalue weighted by molar-refractivity contribution is 5.75. The van der Waals surface area contributed by atoms with Crippen LogP contribution in [0.1, 0.15) is 47.0 Å². The van der Waals surface area contributed by atoms with Gasteiger partial charge in [0.2, 0.25) is 0 Å². The molecule has 1 amide bonds. The summed E-state index contributed by atoms with van der Waals surface area (Å²) in [6.07, 6.45) is -1.31. The zero-order valence-electron chi connectivity index (χ0n) is 12.7. The van der Waals surface area contributed by atoms with E-state index >= 15 is 0 Å². The molecule has 6 nitrogen and oxygen atoms in total. The lowest BCUT2D eigenvalue weighted by Crippen LogP contribution is -2.63. The number of aliphatic carboxylic acids is 1. The Bertz CT molecular complexity index is 403. The van der Waals surface area contributed by atoms with Crippen molar-refractivity contribution < 1.29 is 29.4 Å². The first-order valence-corrected chi connectivity index (χ1v) is 7.05. The third-order valence-corrected chi connectivity index (χ3v) is 5.07. The second kappa shape index (κ2) is 5.33. The van der Waals surface area contributed by atoms with Gasteiger partial charge in [0.15, 0.2) is 0 Å². The highest BCUT2D eigenvalue weighted by Gasteiger charge is 2.55. The van der Waals surface area contributed by atoms with Crippen molar-refractivity contribution in [1.82, 2.24) is 0 Å². The van der Waals surface area contributed by atoms with Crippen LogP contribution in [0.25, 0.3) is 0 Å². The van der Waals surface area contributed by atoms with Gasteiger partial charge in [-0.3, -0.25) is 4.79 Å². The molecule has 0 bridgehead atoms. The normalized spacial score (nSPS) is 35.4. The number of hydrogen-bond acceptors (Lipinski definition) is 3. The molecule has 0 aromatic heterocycles. The predicted molar refractivity (Wildman–Crippen MR) is 73.4 cm³/mol. The van der Waals surface area contributed by atoms with E-state index in [1.807, 2.05) is 20.8 Å². The molecule has 0 spiro atoms. The Hall–Kier alpha value is -1.14. The molecule has 6 heteroatoms. The maximum Gasteiger partial charge on any atom is 0.513 e. The van der Waals surface area contributed by atoms with Gasteiger partial charge in [0.05, 0.1) is 24.6 Å². The Kier molecular flexibility index (Phi) is 4.51. The third kappa shape index (κ3) is 2.42. The van der Waals surface area contributed by atoms with Crippen molar-refractivity contribution in [3.8, 4) is 0 Å². The number of carbonyl (C=O) groups is 2. The van der Waals surface area contributed by atoms with Crippen molar-refractivity contribution in [1.29, 1.82) is 0 Å². The topological polar surface area (TPSA) is 94.8 Å². The number of hydrogen-bond donors (Lipinski definition) is 3. The molecule has 3 unspecified atom stereocenters. The minimum Gasteiger partial charge on any atom is -0.481 e. The van der Waals surface area contributed by atoms with Crippen LogP contribution in [0.2, 0.25) is 0 Å². The van der Waals surface area contributed by atoms with Crippen LogP contribution in [0.4, 0.5) is 4.79 Å². The largest absolute Gasteiger partial charge is 0.513 e. The fourth-order valence-electron chi connectivity index (χ4n) is 3.25. The van der Waals surface area contributed by atoms with Gasteiger partial charge in [-0.1, -0.05) is 6.92 Å². The number of quaternary nitrogens is 1. The quantitative estimate of drug-likeness (QED) is 0.675. The average molecular weight is 288 g/mol. The molecule has 1 fully saturated rings.